The lowest BCUT2D eigenvalue weighted by Crippen LogP contribution is -2.37. The van der Waals surface area contributed by atoms with Gasteiger partial charge in [-0.1, -0.05) is 0 Å². The minimum absolute atomic E-state index is 0.0300. The Labute approximate surface area is 208 Å². The zero-order chi connectivity index (χ0) is 27.9. The standard InChI is InChI=1S/C23H16F8N6O/c1-21(24,25)11-34-20(38)35-15-7-13(6-14(9-15)22(26,27)28)17-10-33-18-8-12(3-5-37(17)18)16-2-4-32-19(36-16)23(29,30)31/h2-10H,11H2,1H3,(H2,34,35,38). The number of amides is 2. The van der Waals surface area contributed by atoms with Gasteiger partial charge < -0.3 is 10.6 Å². The molecule has 7 nitrogen and oxygen atoms in total. The van der Waals surface area contributed by atoms with Gasteiger partial charge in [-0.05, 0) is 36.4 Å². The Balaban J connectivity index is 1.70. The van der Waals surface area contributed by atoms with Gasteiger partial charge >= 0.3 is 18.4 Å². The first-order chi connectivity index (χ1) is 17.6. The minimum Gasteiger partial charge on any atom is -0.332 e. The Bertz CT molecular complexity index is 1490. The summed E-state index contributed by atoms with van der Waals surface area (Å²) in [7, 11) is 0. The molecular formula is C23H16F8N6O. The van der Waals surface area contributed by atoms with Crippen molar-refractivity contribution in [3.05, 3.63) is 66.4 Å². The molecule has 0 aliphatic rings. The molecule has 0 saturated heterocycles. The Morgan fingerprint density at radius 2 is 1.66 bits per heavy atom. The maximum Gasteiger partial charge on any atom is 0.451 e. The Morgan fingerprint density at radius 3 is 2.32 bits per heavy atom. The Kier molecular flexibility index (Phi) is 6.71. The van der Waals surface area contributed by atoms with Crippen molar-refractivity contribution in [1.29, 1.82) is 0 Å². The number of fused-ring (bicyclic) bond motifs is 1. The highest BCUT2D eigenvalue weighted by Gasteiger charge is 2.35. The summed E-state index contributed by atoms with van der Waals surface area (Å²) in [4.78, 5) is 22.8. The number of nitrogens with zero attached hydrogens (tertiary/aromatic N) is 4. The second-order valence-electron chi connectivity index (χ2n) is 8.22. The average molecular weight is 544 g/mol. The van der Waals surface area contributed by atoms with E-state index in [-0.39, 0.29) is 33.8 Å². The van der Waals surface area contributed by atoms with Crippen LogP contribution in [0.1, 0.15) is 18.3 Å². The molecule has 0 aliphatic heterocycles. The molecule has 0 unspecified atom stereocenters. The topological polar surface area (TPSA) is 84.2 Å². The molecule has 0 fully saturated rings. The van der Waals surface area contributed by atoms with Crippen LogP contribution in [0.5, 0.6) is 0 Å². The van der Waals surface area contributed by atoms with Crippen molar-refractivity contribution in [2.75, 3.05) is 11.9 Å². The van der Waals surface area contributed by atoms with Crippen LogP contribution in [-0.2, 0) is 12.4 Å². The first-order valence-electron chi connectivity index (χ1n) is 10.6. The Hall–Kier alpha value is -4.30. The van der Waals surface area contributed by atoms with E-state index in [4.69, 9.17) is 0 Å². The molecule has 3 aromatic heterocycles. The van der Waals surface area contributed by atoms with Crippen LogP contribution in [-0.4, -0.2) is 37.9 Å². The molecule has 38 heavy (non-hydrogen) atoms. The summed E-state index contributed by atoms with van der Waals surface area (Å²) in [6, 6.07) is 5.54. The Morgan fingerprint density at radius 1 is 0.921 bits per heavy atom. The number of alkyl halides is 8. The van der Waals surface area contributed by atoms with Crippen LogP contribution < -0.4 is 10.6 Å². The highest BCUT2D eigenvalue weighted by atomic mass is 19.4. The number of nitrogens with one attached hydrogen (secondary N) is 2. The number of carbonyl (C=O) groups is 1. The molecular weight excluding hydrogens is 528 g/mol. The van der Waals surface area contributed by atoms with E-state index in [0.29, 0.717) is 13.0 Å². The van der Waals surface area contributed by atoms with E-state index in [2.05, 4.69) is 20.3 Å². The number of imidazole rings is 1. The van der Waals surface area contributed by atoms with Crippen molar-refractivity contribution in [2.45, 2.75) is 25.2 Å². The second-order valence-corrected chi connectivity index (χ2v) is 8.22. The molecule has 0 atom stereocenters. The molecule has 0 radical (unpaired) electrons. The predicted molar refractivity (Wildman–Crippen MR) is 119 cm³/mol. The largest absolute Gasteiger partial charge is 0.451 e. The summed E-state index contributed by atoms with van der Waals surface area (Å²) in [6.45, 7) is -0.469. The summed E-state index contributed by atoms with van der Waals surface area (Å²) < 4.78 is 107. The summed E-state index contributed by atoms with van der Waals surface area (Å²) in [5.41, 5.74) is -0.943. The fourth-order valence-corrected chi connectivity index (χ4v) is 3.43. The van der Waals surface area contributed by atoms with E-state index in [1.54, 1.807) is 0 Å². The van der Waals surface area contributed by atoms with Gasteiger partial charge in [-0.3, -0.25) is 4.40 Å². The van der Waals surface area contributed by atoms with Gasteiger partial charge in [-0.15, -0.1) is 0 Å². The van der Waals surface area contributed by atoms with Gasteiger partial charge in [0, 0.05) is 36.1 Å². The second kappa shape index (κ2) is 9.54. The lowest BCUT2D eigenvalue weighted by Gasteiger charge is -2.15. The van der Waals surface area contributed by atoms with E-state index in [1.165, 1.54) is 41.1 Å². The maximum atomic E-state index is 13.6. The number of urea groups is 1. The van der Waals surface area contributed by atoms with E-state index in [9.17, 15) is 39.9 Å². The van der Waals surface area contributed by atoms with Gasteiger partial charge in [0.25, 0.3) is 5.92 Å². The average Bonchev–Trinajstić information content (AvgIpc) is 3.24. The van der Waals surface area contributed by atoms with Crippen LogP contribution in [0.4, 0.5) is 45.6 Å². The summed E-state index contributed by atoms with van der Waals surface area (Å²) in [6.07, 6.45) is -6.01. The molecule has 2 amide bonds. The smallest absolute Gasteiger partial charge is 0.332 e. The molecule has 0 saturated carbocycles. The van der Waals surface area contributed by atoms with Crippen molar-refractivity contribution in [3.63, 3.8) is 0 Å². The molecule has 3 heterocycles. The van der Waals surface area contributed by atoms with Crippen LogP contribution in [0.3, 0.4) is 0 Å². The zero-order valence-electron chi connectivity index (χ0n) is 19.1. The van der Waals surface area contributed by atoms with Gasteiger partial charge in [0.05, 0.1) is 29.7 Å². The SMILES string of the molecule is CC(F)(F)CNC(=O)Nc1cc(-c2cnc3cc(-c4ccnc(C(F)(F)F)n4)ccn23)cc(C(F)(F)F)c1. The zero-order valence-corrected chi connectivity index (χ0v) is 19.1. The number of anilines is 1. The van der Waals surface area contributed by atoms with E-state index in [1.807, 2.05) is 5.32 Å². The number of benzene rings is 1. The van der Waals surface area contributed by atoms with Gasteiger partial charge in [0.2, 0.25) is 5.82 Å². The quantitative estimate of drug-likeness (QED) is 0.290. The van der Waals surface area contributed by atoms with E-state index >= 15 is 0 Å². The fourth-order valence-electron chi connectivity index (χ4n) is 3.43. The summed E-state index contributed by atoms with van der Waals surface area (Å²) in [5, 5.41) is 3.97. The number of hydrogen-bond acceptors (Lipinski definition) is 4. The van der Waals surface area contributed by atoms with E-state index < -0.39 is 42.2 Å². The number of aromatic nitrogens is 4. The normalized spacial score (nSPS) is 12.6. The molecule has 0 bridgehead atoms. The summed E-state index contributed by atoms with van der Waals surface area (Å²) in [5.74, 6) is -4.57. The minimum atomic E-state index is -4.81. The van der Waals surface area contributed by atoms with Crippen molar-refractivity contribution < 1.29 is 39.9 Å². The van der Waals surface area contributed by atoms with Crippen molar-refractivity contribution in [2.24, 2.45) is 0 Å². The molecule has 1 aromatic carbocycles. The highest BCUT2D eigenvalue weighted by Crippen LogP contribution is 2.35. The fraction of sp³-hybridized carbons (Fsp3) is 0.217. The van der Waals surface area contributed by atoms with Crippen LogP contribution in [0.15, 0.2) is 55.0 Å². The number of pyridine rings is 1. The van der Waals surface area contributed by atoms with Crippen molar-refractivity contribution in [3.8, 4) is 22.5 Å². The lowest BCUT2D eigenvalue weighted by molar-refractivity contribution is -0.145. The van der Waals surface area contributed by atoms with Crippen molar-refractivity contribution >= 4 is 17.4 Å². The van der Waals surface area contributed by atoms with Crippen LogP contribution in [0.25, 0.3) is 28.2 Å². The maximum absolute atomic E-state index is 13.6. The van der Waals surface area contributed by atoms with Crippen molar-refractivity contribution in [1.82, 2.24) is 24.7 Å². The lowest BCUT2D eigenvalue weighted by atomic mass is 10.1. The van der Waals surface area contributed by atoms with Gasteiger partial charge in [-0.2, -0.15) is 26.3 Å². The van der Waals surface area contributed by atoms with Crippen LogP contribution in [0.2, 0.25) is 0 Å². The number of hydrogen-bond donors (Lipinski definition) is 2. The number of halogens is 8. The highest BCUT2D eigenvalue weighted by molar-refractivity contribution is 5.90. The third kappa shape index (κ3) is 6.15. The molecule has 0 aliphatic carbocycles. The van der Waals surface area contributed by atoms with E-state index in [0.717, 1.165) is 12.3 Å². The number of rotatable bonds is 5. The molecule has 15 heteroatoms. The first kappa shape index (κ1) is 26.8. The summed E-state index contributed by atoms with van der Waals surface area (Å²) >= 11 is 0. The number of carbonyl (C=O) groups excluding carboxylic acids is 1. The monoisotopic (exact) mass is 544 g/mol. The van der Waals surface area contributed by atoms with Crippen LogP contribution >= 0.6 is 0 Å². The molecule has 4 rings (SSSR count). The van der Waals surface area contributed by atoms with Gasteiger partial charge in [0.15, 0.2) is 0 Å². The molecule has 0 spiro atoms. The van der Waals surface area contributed by atoms with Crippen LogP contribution in [0, 0.1) is 0 Å². The van der Waals surface area contributed by atoms with Gasteiger partial charge in [0.1, 0.15) is 5.65 Å². The predicted octanol–water partition coefficient (Wildman–Crippen LogP) is 6.27. The molecule has 200 valence electrons. The molecule has 2 N–H and O–H groups in total. The first-order valence-corrected chi connectivity index (χ1v) is 10.6. The molecule has 4 aromatic rings. The van der Waals surface area contributed by atoms with Gasteiger partial charge in [-0.25, -0.2) is 28.5 Å². The third-order valence-electron chi connectivity index (χ3n) is 5.09. The third-order valence-corrected chi connectivity index (χ3v) is 5.09.